The van der Waals surface area contributed by atoms with Crippen LogP contribution < -0.4 is 4.72 Å². The molecule has 0 fully saturated rings. The van der Waals surface area contributed by atoms with Crippen molar-refractivity contribution < 1.29 is 27.5 Å². The Morgan fingerprint density at radius 3 is 2.32 bits per heavy atom. The van der Waals surface area contributed by atoms with Gasteiger partial charge in [-0.3, -0.25) is 14.3 Å². The van der Waals surface area contributed by atoms with E-state index in [-0.39, 0.29) is 27.6 Å². The normalized spacial score (nSPS) is 11.2. The third-order valence-corrected chi connectivity index (χ3v) is 6.93. The number of aromatic nitrogens is 1. The van der Waals surface area contributed by atoms with Crippen molar-refractivity contribution in [2.45, 2.75) is 39.5 Å². The Morgan fingerprint density at radius 2 is 1.68 bits per heavy atom. The molecule has 0 radical (unpaired) electrons. The monoisotopic (exact) mass is 482 g/mol. The van der Waals surface area contributed by atoms with Gasteiger partial charge < -0.3 is 9.72 Å². The van der Waals surface area contributed by atoms with Gasteiger partial charge in [0.25, 0.3) is 10.0 Å². The maximum Gasteiger partial charge on any atom is 0.340 e. The van der Waals surface area contributed by atoms with Crippen molar-refractivity contribution in [3.05, 3.63) is 81.7 Å². The van der Waals surface area contributed by atoms with Crippen LogP contribution in [0.2, 0.25) is 0 Å². The lowest BCUT2D eigenvalue weighted by Crippen LogP contribution is -2.19. The molecule has 1 aromatic heterocycles. The summed E-state index contributed by atoms with van der Waals surface area (Å²) >= 11 is 0. The van der Waals surface area contributed by atoms with E-state index in [1.807, 2.05) is 6.07 Å². The number of anilines is 1. The topological polar surface area (TPSA) is 122 Å². The molecule has 2 aromatic carbocycles. The number of para-hydroxylation sites is 1. The quantitative estimate of drug-likeness (QED) is 0.365. The van der Waals surface area contributed by atoms with E-state index in [0.29, 0.717) is 22.4 Å². The summed E-state index contributed by atoms with van der Waals surface area (Å²) in [5.74, 6) is -1.54. The molecule has 0 aliphatic rings. The number of hydrogen-bond donors (Lipinski definition) is 2. The zero-order valence-electron chi connectivity index (χ0n) is 19.6. The number of ketones is 2. The van der Waals surface area contributed by atoms with Crippen molar-refractivity contribution >= 4 is 33.2 Å². The Morgan fingerprint density at radius 1 is 1.00 bits per heavy atom. The SMILES string of the molecule is CC(=O)c1c(C)[nH]c(C(=O)COC(=O)c2ccccc2NS(=O)(=O)c2cc(C)ccc2C)c1C. The molecule has 0 aliphatic heterocycles. The number of H-pyrrole nitrogens is 1. The molecular formula is C25H26N2O6S. The number of esters is 1. The second-order valence-corrected chi connectivity index (χ2v) is 9.75. The van der Waals surface area contributed by atoms with Gasteiger partial charge in [-0.1, -0.05) is 24.3 Å². The van der Waals surface area contributed by atoms with Crippen LogP contribution in [0, 0.1) is 27.7 Å². The fraction of sp³-hybridized carbons (Fsp3) is 0.240. The van der Waals surface area contributed by atoms with Crippen LogP contribution in [-0.4, -0.2) is 37.5 Å². The highest BCUT2D eigenvalue weighted by Gasteiger charge is 2.23. The van der Waals surface area contributed by atoms with Gasteiger partial charge in [0.2, 0.25) is 5.78 Å². The predicted molar refractivity (Wildman–Crippen MR) is 128 cm³/mol. The molecule has 0 bridgehead atoms. The Kier molecular flexibility index (Phi) is 7.07. The van der Waals surface area contributed by atoms with E-state index in [1.165, 1.54) is 19.1 Å². The minimum atomic E-state index is -3.97. The van der Waals surface area contributed by atoms with E-state index in [1.54, 1.807) is 52.0 Å². The van der Waals surface area contributed by atoms with Gasteiger partial charge >= 0.3 is 5.97 Å². The van der Waals surface area contributed by atoms with Crippen molar-refractivity contribution in [2.24, 2.45) is 0 Å². The summed E-state index contributed by atoms with van der Waals surface area (Å²) in [6.45, 7) is 7.63. The van der Waals surface area contributed by atoms with Gasteiger partial charge in [-0.15, -0.1) is 0 Å². The third kappa shape index (κ3) is 5.09. The molecule has 0 spiro atoms. The molecule has 3 aromatic rings. The Labute approximate surface area is 198 Å². The first-order valence-electron chi connectivity index (χ1n) is 10.5. The number of aryl methyl sites for hydroxylation is 3. The first-order valence-corrected chi connectivity index (χ1v) is 12.0. The maximum absolute atomic E-state index is 13.0. The van der Waals surface area contributed by atoms with Gasteiger partial charge in [0.05, 0.1) is 21.8 Å². The number of benzene rings is 2. The number of rotatable bonds is 8. The van der Waals surface area contributed by atoms with Crippen molar-refractivity contribution in [2.75, 3.05) is 11.3 Å². The summed E-state index contributed by atoms with van der Waals surface area (Å²) in [5.41, 5.74) is 3.02. The minimum absolute atomic E-state index is 0.0339. The van der Waals surface area contributed by atoms with Crippen LogP contribution in [0.3, 0.4) is 0 Å². The third-order valence-electron chi connectivity index (χ3n) is 5.43. The fourth-order valence-electron chi connectivity index (χ4n) is 3.78. The van der Waals surface area contributed by atoms with Gasteiger partial charge in [-0.2, -0.15) is 0 Å². The van der Waals surface area contributed by atoms with Crippen LogP contribution in [0.4, 0.5) is 5.69 Å². The second kappa shape index (κ2) is 9.64. The largest absolute Gasteiger partial charge is 0.454 e. The number of carbonyl (C=O) groups is 3. The van der Waals surface area contributed by atoms with Gasteiger partial charge in [-0.05, 0) is 69.5 Å². The van der Waals surface area contributed by atoms with Crippen LogP contribution >= 0.6 is 0 Å². The number of sulfonamides is 1. The zero-order chi connectivity index (χ0) is 25.2. The van der Waals surface area contributed by atoms with Crippen molar-refractivity contribution in [3.63, 3.8) is 0 Å². The highest BCUT2D eigenvalue weighted by Crippen LogP contribution is 2.24. The number of carbonyl (C=O) groups excluding carboxylic acids is 3. The number of Topliss-reactive ketones (excluding diaryl/α,β-unsaturated/α-hetero) is 2. The molecule has 0 atom stereocenters. The average molecular weight is 483 g/mol. The standard InChI is InChI=1S/C25H26N2O6S/c1-14-10-11-15(2)22(12-14)34(31,32)27-20-9-7-6-8-19(20)25(30)33-13-21(29)24-16(3)23(18(5)28)17(4)26-24/h6-12,26-27H,13H2,1-5H3. The van der Waals surface area contributed by atoms with Gasteiger partial charge in [0, 0.05) is 11.3 Å². The van der Waals surface area contributed by atoms with Crippen LogP contribution in [-0.2, 0) is 14.8 Å². The average Bonchev–Trinajstić information content (AvgIpc) is 3.07. The second-order valence-electron chi connectivity index (χ2n) is 8.10. The maximum atomic E-state index is 13.0. The lowest BCUT2D eigenvalue weighted by atomic mass is 10.1. The fourth-order valence-corrected chi connectivity index (χ4v) is 5.20. The lowest BCUT2D eigenvalue weighted by molar-refractivity contribution is 0.0474. The highest BCUT2D eigenvalue weighted by molar-refractivity contribution is 7.92. The van der Waals surface area contributed by atoms with E-state index in [4.69, 9.17) is 4.74 Å². The number of ether oxygens (including phenoxy) is 1. The summed E-state index contributed by atoms with van der Waals surface area (Å²) in [4.78, 5) is 40.1. The summed E-state index contributed by atoms with van der Waals surface area (Å²) in [6.07, 6.45) is 0. The Bertz CT molecular complexity index is 1400. The molecule has 3 rings (SSSR count). The van der Waals surface area contributed by atoms with E-state index in [0.717, 1.165) is 5.56 Å². The molecule has 0 unspecified atom stereocenters. The molecule has 0 saturated carbocycles. The van der Waals surface area contributed by atoms with Crippen molar-refractivity contribution in [1.29, 1.82) is 0 Å². The summed E-state index contributed by atoms with van der Waals surface area (Å²) in [5, 5.41) is 0. The Hall–Kier alpha value is -3.72. The molecule has 178 valence electrons. The molecule has 9 heteroatoms. The van der Waals surface area contributed by atoms with Gasteiger partial charge in [0.1, 0.15) is 0 Å². The van der Waals surface area contributed by atoms with Crippen LogP contribution in [0.5, 0.6) is 0 Å². The van der Waals surface area contributed by atoms with E-state index < -0.39 is 28.4 Å². The molecule has 0 aliphatic carbocycles. The molecule has 2 N–H and O–H groups in total. The number of hydrogen-bond acceptors (Lipinski definition) is 6. The molecular weight excluding hydrogens is 456 g/mol. The lowest BCUT2D eigenvalue weighted by Gasteiger charge is -2.14. The molecule has 8 nitrogen and oxygen atoms in total. The molecule has 1 heterocycles. The summed E-state index contributed by atoms with van der Waals surface area (Å²) < 4.78 is 33.6. The van der Waals surface area contributed by atoms with E-state index in [9.17, 15) is 22.8 Å². The van der Waals surface area contributed by atoms with E-state index >= 15 is 0 Å². The predicted octanol–water partition coefficient (Wildman–Crippen LogP) is 4.29. The Balaban J connectivity index is 1.80. The summed E-state index contributed by atoms with van der Waals surface area (Å²) in [7, 11) is -3.97. The zero-order valence-corrected chi connectivity index (χ0v) is 20.4. The van der Waals surface area contributed by atoms with Crippen molar-refractivity contribution in [1.82, 2.24) is 4.98 Å². The van der Waals surface area contributed by atoms with Crippen molar-refractivity contribution in [3.8, 4) is 0 Å². The van der Waals surface area contributed by atoms with Crippen LogP contribution in [0.1, 0.15) is 60.5 Å². The highest BCUT2D eigenvalue weighted by atomic mass is 32.2. The molecule has 34 heavy (non-hydrogen) atoms. The van der Waals surface area contributed by atoms with E-state index in [2.05, 4.69) is 9.71 Å². The number of nitrogens with one attached hydrogen (secondary N) is 2. The first-order chi connectivity index (χ1) is 15.9. The van der Waals surface area contributed by atoms with Crippen LogP contribution in [0.25, 0.3) is 0 Å². The number of aromatic amines is 1. The van der Waals surface area contributed by atoms with Gasteiger partial charge in [-0.25, -0.2) is 13.2 Å². The van der Waals surface area contributed by atoms with Crippen LogP contribution in [0.15, 0.2) is 47.4 Å². The first kappa shape index (κ1) is 24.9. The van der Waals surface area contributed by atoms with Gasteiger partial charge in [0.15, 0.2) is 12.4 Å². The molecule has 0 saturated heterocycles. The minimum Gasteiger partial charge on any atom is -0.454 e. The smallest absolute Gasteiger partial charge is 0.340 e. The summed E-state index contributed by atoms with van der Waals surface area (Å²) in [6, 6.07) is 11.1. The molecule has 0 amide bonds.